The molecule has 0 spiro atoms. The third-order valence-corrected chi connectivity index (χ3v) is 6.22. The molecule has 0 unspecified atom stereocenters. The Morgan fingerprint density at radius 1 is 0.292 bits per heavy atom. The van der Waals surface area contributed by atoms with Crippen molar-refractivity contribution in [3.05, 3.63) is 66.5 Å². The van der Waals surface area contributed by atoms with Gasteiger partial charge in [-0.2, -0.15) is 0 Å². The van der Waals surface area contributed by atoms with E-state index in [9.17, 15) is 0 Å². The topological polar surface area (TPSA) is 0 Å². The maximum atomic E-state index is 6.23. The Hall–Kier alpha value is -0.600. The summed E-state index contributed by atoms with van der Waals surface area (Å²) in [5.41, 5.74) is 0. The third-order valence-electron chi connectivity index (χ3n) is 4.05. The van der Waals surface area contributed by atoms with Crippen LogP contribution in [0.25, 0.3) is 32.3 Å². The van der Waals surface area contributed by atoms with Crippen LogP contribution in [0.2, 0.25) is 30.1 Å². The highest BCUT2D eigenvalue weighted by Crippen LogP contribution is 2.43. The minimum atomic E-state index is 0.468. The Labute approximate surface area is 167 Å². The maximum absolute atomic E-state index is 6.23. The predicted molar refractivity (Wildman–Crippen MR) is 109 cm³/mol. The fourth-order valence-corrected chi connectivity index (χ4v) is 3.96. The number of hydrogen-bond acceptors (Lipinski definition) is 0. The van der Waals surface area contributed by atoms with Crippen molar-refractivity contribution in [1.82, 2.24) is 0 Å². The van der Waals surface area contributed by atoms with Gasteiger partial charge in [-0.15, -0.1) is 0 Å². The van der Waals surface area contributed by atoms with E-state index in [0.29, 0.717) is 30.1 Å². The molecule has 4 aromatic carbocycles. The average molecular weight is 435 g/mol. The second-order valence-corrected chi connectivity index (χ2v) is 7.88. The van der Waals surface area contributed by atoms with E-state index in [2.05, 4.69) is 0 Å². The molecule has 0 atom stereocenters. The van der Waals surface area contributed by atoms with E-state index in [-0.39, 0.29) is 0 Å². The molecule has 0 saturated heterocycles. The van der Waals surface area contributed by atoms with Crippen LogP contribution in [0, 0.1) is 0 Å². The fourth-order valence-electron chi connectivity index (χ4n) is 2.98. The molecule has 4 aromatic rings. The van der Waals surface area contributed by atoms with Gasteiger partial charge in [-0.1, -0.05) is 69.6 Å². The first-order valence-corrected chi connectivity index (χ1v) is 9.12. The molecule has 0 aliphatic carbocycles. The van der Waals surface area contributed by atoms with Gasteiger partial charge in [-0.3, -0.25) is 0 Å². The van der Waals surface area contributed by atoms with E-state index in [1.165, 1.54) is 0 Å². The zero-order valence-electron chi connectivity index (χ0n) is 11.7. The highest BCUT2D eigenvalue weighted by atomic mass is 35.5. The predicted octanol–water partition coefficient (Wildman–Crippen LogP) is 9.07. The fraction of sp³-hybridized carbons (Fsp3) is 0. The first-order chi connectivity index (χ1) is 11.4. The molecule has 0 nitrogen and oxygen atoms in total. The molecule has 0 aliphatic heterocycles. The molecule has 4 rings (SSSR count). The molecule has 0 N–H and O–H groups in total. The SMILES string of the molecule is Clc1cc2c3cc(Cl)c(Cl)cc3c3cc(Cl)c(Cl)cc3c2cc1Cl. The van der Waals surface area contributed by atoms with Gasteiger partial charge in [-0.05, 0) is 68.7 Å². The molecule has 0 radical (unpaired) electrons. The molecule has 0 fully saturated rings. The molecular weight excluding hydrogens is 429 g/mol. The van der Waals surface area contributed by atoms with E-state index in [1.807, 2.05) is 36.4 Å². The van der Waals surface area contributed by atoms with Crippen molar-refractivity contribution in [2.75, 3.05) is 0 Å². The van der Waals surface area contributed by atoms with Crippen LogP contribution < -0.4 is 0 Å². The molecule has 6 heteroatoms. The summed E-state index contributed by atoms with van der Waals surface area (Å²) in [6.45, 7) is 0. The van der Waals surface area contributed by atoms with Crippen LogP contribution in [-0.2, 0) is 0 Å². The summed E-state index contributed by atoms with van der Waals surface area (Å²) in [4.78, 5) is 0. The van der Waals surface area contributed by atoms with Gasteiger partial charge in [0.1, 0.15) is 0 Å². The highest BCUT2D eigenvalue weighted by molar-refractivity contribution is 6.47. The summed E-state index contributed by atoms with van der Waals surface area (Å²) < 4.78 is 0. The second-order valence-electron chi connectivity index (χ2n) is 5.44. The second kappa shape index (κ2) is 5.99. The van der Waals surface area contributed by atoms with Crippen LogP contribution in [-0.4, -0.2) is 0 Å². The normalized spacial score (nSPS) is 11.8. The standard InChI is InChI=1S/C18H6Cl6/c19-13-1-7-8(2-14(13)20)10-4-17(23)18(24)6-12(10)11-5-16(22)15(21)3-9(7)11/h1-6H. The van der Waals surface area contributed by atoms with E-state index in [4.69, 9.17) is 69.6 Å². The van der Waals surface area contributed by atoms with Gasteiger partial charge in [0.25, 0.3) is 0 Å². The first-order valence-electron chi connectivity index (χ1n) is 6.85. The van der Waals surface area contributed by atoms with Gasteiger partial charge < -0.3 is 0 Å². The molecular formula is C18H6Cl6. The van der Waals surface area contributed by atoms with Crippen molar-refractivity contribution in [1.29, 1.82) is 0 Å². The van der Waals surface area contributed by atoms with Gasteiger partial charge in [0.2, 0.25) is 0 Å². The van der Waals surface area contributed by atoms with Crippen LogP contribution in [0.3, 0.4) is 0 Å². The molecule has 0 heterocycles. The lowest BCUT2D eigenvalue weighted by Gasteiger charge is -2.13. The Morgan fingerprint density at radius 2 is 0.417 bits per heavy atom. The van der Waals surface area contributed by atoms with Crippen molar-refractivity contribution in [2.45, 2.75) is 0 Å². The van der Waals surface area contributed by atoms with Crippen LogP contribution in [0.4, 0.5) is 0 Å². The summed E-state index contributed by atoms with van der Waals surface area (Å²) in [6, 6.07) is 11.0. The molecule has 0 amide bonds. The van der Waals surface area contributed by atoms with Gasteiger partial charge in [0.05, 0.1) is 30.1 Å². The maximum Gasteiger partial charge on any atom is 0.0598 e. The van der Waals surface area contributed by atoms with Crippen molar-refractivity contribution in [2.24, 2.45) is 0 Å². The Bertz CT molecular complexity index is 896. The molecule has 24 heavy (non-hydrogen) atoms. The summed E-state index contributed by atoms with van der Waals surface area (Å²) in [6.07, 6.45) is 0. The van der Waals surface area contributed by atoms with E-state index >= 15 is 0 Å². The quantitative estimate of drug-likeness (QED) is 0.242. The first kappa shape index (κ1) is 16.8. The molecule has 0 saturated carbocycles. The van der Waals surface area contributed by atoms with Crippen LogP contribution in [0.5, 0.6) is 0 Å². The number of rotatable bonds is 0. The smallest absolute Gasteiger partial charge is 0.0598 e. The molecule has 0 aromatic heterocycles. The van der Waals surface area contributed by atoms with Crippen molar-refractivity contribution in [3.63, 3.8) is 0 Å². The summed E-state index contributed by atoms with van der Waals surface area (Å²) in [5.74, 6) is 0. The van der Waals surface area contributed by atoms with E-state index in [1.54, 1.807) is 0 Å². The van der Waals surface area contributed by atoms with E-state index in [0.717, 1.165) is 32.3 Å². The lowest BCUT2D eigenvalue weighted by molar-refractivity contribution is 1.76. The lowest BCUT2D eigenvalue weighted by Crippen LogP contribution is -1.86. The molecule has 0 bridgehead atoms. The molecule has 0 aliphatic rings. The highest BCUT2D eigenvalue weighted by Gasteiger charge is 2.14. The number of benzene rings is 4. The summed E-state index contributed by atoms with van der Waals surface area (Å²) >= 11 is 37.4. The summed E-state index contributed by atoms with van der Waals surface area (Å²) in [7, 11) is 0. The van der Waals surface area contributed by atoms with Crippen LogP contribution >= 0.6 is 69.6 Å². The number of fused-ring (bicyclic) bond motifs is 6. The van der Waals surface area contributed by atoms with Gasteiger partial charge in [0.15, 0.2) is 0 Å². The minimum Gasteiger partial charge on any atom is -0.0827 e. The third kappa shape index (κ3) is 2.52. The van der Waals surface area contributed by atoms with Gasteiger partial charge in [-0.25, -0.2) is 0 Å². The Kier molecular flexibility index (Phi) is 4.20. The van der Waals surface area contributed by atoms with E-state index < -0.39 is 0 Å². The monoisotopic (exact) mass is 432 g/mol. The van der Waals surface area contributed by atoms with Crippen molar-refractivity contribution >= 4 is 102 Å². The lowest BCUT2D eigenvalue weighted by atomic mass is 9.94. The van der Waals surface area contributed by atoms with Gasteiger partial charge in [0, 0.05) is 0 Å². The van der Waals surface area contributed by atoms with Gasteiger partial charge >= 0.3 is 0 Å². The number of hydrogen-bond donors (Lipinski definition) is 0. The van der Waals surface area contributed by atoms with Crippen molar-refractivity contribution < 1.29 is 0 Å². The summed E-state index contributed by atoms with van der Waals surface area (Å²) in [5, 5.41) is 8.33. The van der Waals surface area contributed by atoms with Crippen LogP contribution in [0.15, 0.2) is 36.4 Å². The Morgan fingerprint density at radius 3 is 0.542 bits per heavy atom. The van der Waals surface area contributed by atoms with Crippen molar-refractivity contribution in [3.8, 4) is 0 Å². The zero-order valence-corrected chi connectivity index (χ0v) is 16.3. The Balaban J connectivity index is 2.40. The minimum absolute atomic E-state index is 0.468. The molecule has 120 valence electrons. The average Bonchev–Trinajstić information content (AvgIpc) is 2.53. The van der Waals surface area contributed by atoms with Crippen LogP contribution in [0.1, 0.15) is 0 Å². The largest absolute Gasteiger partial charge is 0.0827 e. The number of halogens is 6. The zero-order chi connectivity index (χ0) is 17.2.